The van der Waals surface area contributed by atoms with Crippen LogP contribution in [0.2, 0.25) is 0 Å². The summed E-state index contributed by atoms with van der Waals surface area (Å²) in [4.78, 5) is 14.1. The second kappa shape index (κ2) is 6.00. The Labute approximate surface area is 139 Å². The molecule has 0 aliphatic heterocycles. The van der Waals surface area contributed by atoms with Gasteiger partial charge in [0.05, 0.1) is 10.5 Å². The topological polar surface area (TPSA) is 163 Å². The zero-order valence-electron chi connectivity index (χ0n) is 12.4. The van der Waals surface area contributed by atoms with E-state index in [0.717, 1.165) is 12.1 Å². The van der Waals surface area contributed by atoms with Gasteiger partial charge in [-0.3, -0.25) is 10.1 Å². The summed E-state index contributed by atoms with van der Waals surface area (Å²) in [5, 5.41) is 52.9. The lowest BCUT2D eigenvalue weighted by Crippen LogP contribution is -1.92. The van der Waals surface area contributed by atoms with Crippen molar-refractivity contribution in [3.63, 3.8) is 0 Å². The average Bonchev–Trinajstić information content (AvgIpc) is 3.02. The van der Waals surface area contributed by atoms with Crippen LogP contribution in [0.3, 0.4) is 0 Å². The molecule has 0 saturated carbocycles. The Morgan fingerprint density at radius 1 is 1.08 bits per heavy atom. The third-order valence-corrected chi connectivity index (χ3v) is 3.43. The second-order valence-electron chi connectivity index (χ2n) is 5.10. The molecule has 0 bridgehead atoms. The molecule has 1 heterocycles. The first-order valence-electron chi connectivity index (χ1n) is 6.90. The molecule has 0 atom stereocenters. The Morgan fingerprint density at radius 3 is 2.56 bits per heavy atom. The van der Waals surface area contributed by atoms with E-state index in [4.69, 9.17) is 4.52 Å². The van der Waals surface area contributed by atoms with Gasteiger partial charge in [-0.25, -0.2) is 0 Å². The van der Waals surface area contributed by atoms with Gasteiger partial charge >= 0.3 is 5.69 Å². The zero-order chi connectivity index (χ0) is 18.1. The van der Waals surface area contributed by atoms with E-state index in [1.54, 1.807) is 6.07 Å². The molecule has 10 nitrogen and oxygen atoms in total. The predicted octanol–water partition coefficient (Wildman–Crippen LogP) is 2.06. The van der Waals surface area contributed by atoms with Gasteiger partial charge in [0, 0.05) is 18.1 Å². The predicted molar refractivity (Wildman–Crippen MR) is 82.3 cm³/mol. The first-order valence-corrected chi connectivity index (χ1v) is 6.90. The lowest BCUT2D eigenvalue weighted by Gasteiger charge is -2.02. The number of hydrogen-bond acceptors (Lipinski definition) is 9. The van der Waals surface area contributed by atoms with E-state index in [0.29, 0.717) is 5.56 Å². The van der Waals surface area contributed by atoms with Gasteiger partial charge in [0.2, 0.25) is 5.75 Å². The molecule has 128 valence electrons. The van der Waals surface area contributed by atoms with E-state index in [1.165, 1.54) is 12.1 Å². The van der Waals surface area contributed by atoms with Gasteiger partial charge in [0.1, 0.15) is 0 Å². The van der Waals surface area contributed by atoms with Gasteiger partial charge in [-0.2, -0.15) is 4.98 Å². The van der Waals surface area contributed by atoms with Crippen LogP contribution in [0.4, 0.5) is 5.69 Å². The molecular weight excluding hydrogens is 334 g/mol. The highest BCUT2D eigenvalue weighted by atomic mass is 16.6. The molecule has 0 amide bonds. The second-order valence-corrected chi connectivity index (χ2v) is 5.10. The molecule has 3 rings (SSSR count). The van der Waals surface area contributed by atoms with E-state index >= 15 is 0 Å². The zero-order valence-corrected chi connectivity index (χ0v) is 12.4. The number of para-hydroxylation sites is 1. The maximum atomic E-state index is 10.9. The summed E-state index contributed by atoms with van der Waals surface area (Å²) in [7, 11) is 0. The number of phenols is 4. The smallest absolute Gasteiger partial charge is 0.315 e. The maximum absolute atomic E-state index is 10.9. The number of nitrogens with zero attached hydrogens (tertiary/aromatic N) is 3. The lowest BCUT2D eigenvalue weighted by molar-refractivity contribution is -0.385. The molecule has 0 fully saturated rings. The lowest BCUT2D eigenvalue weighted by atomic mass is 10.1. The van der Waals surface area contributed by atoms with Crippen LogP contribution >= 0.6 is 0 Å². The summed E-state index contributed by atoms with van der Waals surface area (Å²) in [6.07, 6.45) is 0.0376. The van der Waals surface area contributed by atoms with Gasteiger partial charge in [-0.15, -0.1) is 0 Å². The summed E-state index contributed by atoms with van der Waals surface area (Å²) in [5.41, 5.74) is -0.312. The Morgan fingerprint density at radius 2 is 1.84 bits per heavy atom. The van der Waals surface area contributed by atoms with Crippen LogP contribution in [0.1, 0.15) is 11.4 Å². The molecule has 25 heavy (non-hydrogen) atoms. The number of aromatic nitrogens is 2. The quantitative estimate of drug-likeness (QED) is 0.315. The Hall–Kier alpha value is -3.82. The first-order chi connectivity index (χ1) is 11.9. The third kappa shape index (κ3) is 3.00. The van der Waals surface area contributed by atoms with E-state index in [-0.39, 0.29) is 35.2 Å². The summed E-state index contributed by atoms with van der Waals surface area (Å²) < 4.78 is 5.00. The van der Waals surface area contributed by atoms with Crippen molar-refractivity contribution in [2.75, 3.05) is 0 Å². The largest absolute Gasteiger partial charge is 0.504 e. The standard InChI is InChI=1S/C15H11N3O7/c19-10-3-1-2-7(13(10)21)6-12-16-15(25-17-12)8-4-9(18(23)24)14(22)11(20)5-8/h1-5,19-22H,6H2. The molecule has 0 radical (unpaired) electrons. The van der Waals surface area contributed by atoms with Gasteiger partial charge in [0.25, 0.3) is 5.89 Å². The number of benzene rings is 2. The van der Waals surface area contributed by atoms with Gasteiger partial charge in [0.15, 0.2) is 23.1 Å². The number of hydrogen-bond donors (Lipinski definition) is 4. The van der Waals surface area contributed by atoms with Crippen LogP contribution in [0.5, 0.6) is 23.0 Å². The van der Waals surface area contributed by atoms with E-state index in [2.05, 4.69) is 10.1 Å². The van der Waals surface area contributed by atoms with Crippen molar-refractivity contribution >= 4 is 5.69 Å². The molecule has 0 unspecified atom stereocenters. The Bertz CT molecular complexity index is 968. The van der Waals surface area contributed by atoms with Crippen LogP contribution in [0, 0.1) is 10.1 Å². The van der Waals surface area contributed by atoms with E-state index in [9.17, 15) is 30.5 Å². The highest BCUT2D eigenvalue weighted by molar-refractivity contribution is 5.67. The van der Waals surface area contributed by atoms with Crippen molar-refractivity contribution in [3.8, 4) is 34.5 Å². The van der Waals surface area contributed by atoms with Gasteiger partial charge < -0.3 is 24.9 Å². The SMILES string of the molecule is O=[N+]([O-])c1cc(-c2nc(Cc3cccc(O)c3O)no2)cc(O)c1O. The molecule has 0 aliphatic rings. The number of nitro benzene ring substituents is 1. The number of phenolic OH excluding ortho intramolecular Hbond substituents is 4. The van der Waals surface area contributed by atoms with Crippen LogP contribution in [-0.2, 0) is 6.42 Å². The van der Waals surface area contributed by atoms with Crippen molar-refractivity contribution < 1.29 is 29.9 Å². The maximum Gasteiger partial charge on any atom is 0.315 e. The molecule has 2 aromatic carbocycles. The minimum atomic E-state index is -0.863. The monoisotopic (exact) mass is 345 g/mol. The summed E-state index contributed by atoms with van der Waals surface area (Å²) in [5.74, 6) is -2.14. The number of rotatable bonds is 4. The highest BCUT2D eigenvalue weighted by Gasteiger charge is 2.22. The molecule has 4 N–H and O–H groups in total. The minimum Gasteiger partial charge on any atom is -0.504 e. The summed E-state index contributed by atoms with van der Waals surface area (Å²) in [6.45, 7) is 0. The fraction of sp³-hybridized carbons (Fsp3) is 0.0667. The molecule has 1 aromatic heterocycles. The van der Waals surface area contributed by atoms with E-state index < -0.39 is 22.1 Å². The average molecular weight is 345 g/mol. The highest BCUT2D eigenvalue weighted by Crippen LogP contribution is 2.39. The van der Waals surface area contributed by atoms with Crippen LogP contribution in [0.15, 0.2) is 34.9 Å². The molecule has 0 spiro atoms. The fourth-order valence-corrected chi connectivity index (χ4v) is 2.20. The van der Waals surface area contributed by atoms with Gasteiger partial charge in [-0.05, 0) is 12.1 Å². The van der Waals surface area contributed by atoms with Crippen molar-refractivity contribution in [1.82, 2.24) is 10.1 Å². The third-order valence-electron chi connectivity index (χ3n) is 3.43. The number of aromatic hydroxyl groups is 4. The molecule has 10 heteroatoms. The fourth-order valence-electron chi connectivity index (χ4n) is 2.20. The van der Waals surface area contributed by atoms with Crippen molar-refractivity contribution in [2.24, 2.45) is 0 Å². The van der Waals surface area contributed by atoms with Gasteiger partial charge in [-0.1, -0.05) is 17.3 Å². The molecule has 0 aliphatic carbocycles. The van der Waals surface area contributed by atoms with Crippen LogP contribution < -0.4 is 0 Å². The minimum absolute atomic E-state index is 0.0376. The first kappa shape index (κ1) is 16.1. The Kier molecular flexibility index (Phi) is 3.85. The summed E-state index contributed by atoms with van der Waals surface area (Å²) >= 11 is 0. The van der Waals surface area contributed by atoms with Crippen LogP contribution in [-0.4, -0.2) is 35.5 Å². The normalized spacial score (nSPS) is 10.7. The summed E-state index contributed by atoms with van der Waals surface area (Å²) in [6, 6.07) is 6.44. The van der Waals surface area contributed by atoms with Crippen LogP contribution in [0.25, 0.3) is 11.5 Å². The van der Waals surface area contributed by atoms with E-state index in [1.807, 2.05) is 0 Å². The number of nitro groups is 1. The van der Waals surface area contributed by atoms with Crippen molar-refractivity contribution in [2.45, 2.75) is 6.42 Å². The molecule has 3 aromatic rings. The van der Waals surface area contributed by atoms with Crippen molar-refractivity contribution in [3.05, 3.63) is 51.8 Å². The van der Waals surface area contributed by atoms with Crippen molar-refractivity contribution in [1.29, 1.82) is 0 Å². The molecular formula is C15H11N3O7. The Balaban J connectivity index is 1.94. The molecule has 0 saturated heterocycles.